The maximum atomic E-state index is 12.2. The number of methoxy groups -OCH3 is 1. The highest BCUT2D eigenvalue weighted by Crippen LogP contribution is 2.22. The summed E-state index contributed by atoms with van der Waals surface area (Å²) in [5.74, 6) is 1.75. The predicted octanol–water partition coefficient (Wildman–Crippen LogP) is 1.52. The molecule has 1 aliphatic heterocycles. The average Bonchev–Trinajstić information content (AvgIpc) is 2.95. The maximum absolute atomic E-state index is 12.2. The Labute approximate surface area is 112 Å². The molecule has 0 N–H and O–H groups in total. The Morgan fingerprint density at radius 3 is 3.06 bits per heavy atom. The molecule has 6 heteroatoms. The van der Waals surface area contributed by atoms with Crippen LogP contribution in [0.15, 0.2) is 6.07 Å². The van der Waals surface area contributed by atoms with Crippen molar-refractivity contribution in [1.29, 1.82) is 0 Å². The van der Waals surface area contributed by atoms with E-state index in [1.807, 2.05) is 4.90 Å². The molecule has 1 atom stereocenters. The Morgan fingerprint density at radius 1 is 1.67 bits per heavy atom. The molecule has 1 saturated heterocycles. The maximum Gasteiger partial charge on any atom is 0.274 e. The number of likely N-dealkylation sites (tertiary alicyclic amines) is 1. The zero-order chi connectivity index (χ0) is 13.1. The van der Waals surface area contributed by atoms with Crippen LogP contribution >= 0.6 is 11.6 Å². The molecule has 0 radical (unpaired) electrons. The SMILES string of the molecule is COc1cc(C(=O)N2CCC(CCCl)C2)nn1C. The number of halogens is 1. The van der Waals surface area contributed by atoms with Crippen LogP contribution in [0.5, 0.6) is 5.88 Å². The van der Waals surface area contributed by atoms with Gasteiger partial charge >= 0.3 is 0 Å². The molecule has 0 aromatic carbocycles. The molecule has 1 amide bonds. The van der Waals surface area contributed by atoms with Crippen molar-refractivity contribution in [3.05, 3.63) is 11.8 Å². The molecule has 1 aromatic heterocycles. The summed E-state index contributed by atoms with van der Waals surface area (Å²) in [6.45, 7) is 1.57. The van der Waals surface area contributed by atoms with Crippen LogP contribution in [0, 0.1) is 5.92 Å². The minimum Gasteiger partial charge on any atom is -0.481 e. The Kier molecular flexibility index (Phi) is 4.11. The normalized spacial score (nSPS) is 19.3. The van der Waals surface area contributed by atoms with Crippen LogP contribution in [0.25, 0.3) is 0 Å². The van der Waals surface area contributed by atoms with Gasteiger partial charge in [0.1, 0.15) is 0 Å². The number of ether oxygens (including phenoxy) is 1. The summed E-state index contributed by atoms with van der Waals surface area (Å²) in [5.41, 5.74) is 0.445. The van der Waals surface area contributed by atoms with Crippen molar-refractivity contribution >= 4 is 17.5 Å². The highest BCUT2D eigenvalue weighted by molar-refractivity contribution is 6.17. The number of nitrogens with zero attached hydrogens (tertiary/aromatic N) is 3. The summed E-state index contributed by atoms with van der Waals surface area (Å²) in [4.78, 5) is 14.1. The zero-order valence-corrected chi connectivity index (χ0v) is 11.5. The second-order valence-corrected chi connectivity index (χ2v) is 4.96. The lowest BCUT2D eigenvalue weighted by atomic mass is 10.1. The lowest BCUT2D eigenvalue weighted by Crippen LogP contribution is -2.29. The lowest BCUT2D eigenvalue weighted by Gasteiger charge is -2.14. The van der Waals surface area contributed by atoms with Gasteiger partial charge in [0, 0.05) is 32.1 Å². The molecule has 100 valence electrons. The largest absolute Gasteiger partial charge is 0.481 e. The van der Waals surface area contributed by atoms with Crippen molar-refractivity contribution in [3.63, 3.8) is 0 Å². The van der Waals surface area contributed by atoms with Gasteiger partial charge in [0.15, 0.2) is 5.69 Å². The Hall–Kier alpha value is -1.23. The third-order valence-corrected chi connectivity index (χ3v) is 3.57. The van der Waals surface area contributed by atoms with Gasteiger partial charge in [0.25, 0.3) is 5.91 Å². The Morgan fingerprint density at radius 2 is 2.44 bits per heavy atom. The van der Waals surface area contributed by atoms with E-state index in [4.69, 9.17) is 16.3 Å². The van der Waals surface area contributed by atoms with Gasteiger partial charge in [-0.2, -0.15) is 5.10 Å². The molecule has 0 saturated carbocycles. The van der Waals surface area contributed by atoms with E-state index in [0.29, 0.717) is 23.4 Å². The molecule has 0 bridgehead atoms. The zero-order valence-electron chi connectivity index (χ0n) is 10.7. The fraction of sp³-hybridized carbons (Fsp3) is 0.667. The highest BCUT2D eigenvalue weighted by Gasteiger charge is 2.28. The van der Waals surface area contributed by atoms with Crippen molar-refractivity contribution in [3.8, 4) is 5.88 Å². The third-order valence-electron chi connectivity index (χ3n) is 3.36. The summed E-state index contributed by atoms with van der Waals surface area (Å²) in [7, 11) is 3.33. The van der Waals surface area contributed by atoms with Crippen molar-refractivity contribution in [2.24, 2.45) is 13.0 Å². The summed E-state index contributed by atoms with van der Waals surface area (Å²) >= 11 is 5.73. The van der Waals surface area contributed by atoms with Gasteiger partial charge in [-0.05, 0) is 18.8 Å². The van der Waals surface area contributed by atoms with E-state index in [9.17, 15) is 4.79 Å². The first-order valence-corrected chi connectivity index (χ1v) is 6.62. The second-order valence-electron chi connectivity index (χ2n) is 4.58. The molecule has 0 spiro atoms. The number of hydrogen-bond donors (Lipinski definition) is 0. The molecular weight excluding hydrogens is 254 g/mol. The summed E-state index contributed by atoms with van der Waals surface area (Å²) < 4.78 is 6.68. The van der Waals surface area contributed by atoms with Gasteiger partial charge in [-0.15, -0.1) is 11.6 Å². The third kappa shape index (κ3) is 2.61. The predicted molar refractivity (Wildman–Crippen MR) is 69.1 cm³/mol. The first-order valence-electron chi connectivity index (χ1n) is 6.09. The van der Waals surface area contributed by atoms with E-state index in [1.54, 1.807) is 24.9 Å². The minimum atomic E-state index is -0.0222. The standard InChI is InChI=1S/C12H18ClN3O2/c1-15-11(18-2)7-10(14-15)12(17)16-6-4-9(8-16)3-5-13/h7,9H,3-6,8H2,1-2H3. The van der Waals surface area contributed by atoms with Crippen LogP contribution in [0.4, 0.5) is 0 Å². The first kappa shape index (κ1) is 13.2. The van der Waals surface area contributed by atoms with E-state index in [2.05, 4.69) is 5.10 Å². The monoisotopic (exact) mass is 271 g/mol. The average molecular weight is 272 g/mol. The summed E-state index contributed by atoms with van der Waals surface area (Å²) in [6, 6.07) is 1.68. The topological polar surface area (TPSA) is 47.4 Å². The number of carbonyl (C=O) groups excluding carboxylic acids is 1. The van der Waals surface area contributed by atoms with Crippen LogP contribution in [0.2, 0.25) is 0 Å². The number of aromatic nitrogens is 2. The van der Waals surface area contributed by atoms with Crippen LogP contribution in [0.3, 0.4) is 0 Å². The Bertz CT molecular complexity index is 433. The summed E-state index contributed by atoms with van der Waals surface area (Å²) in [5, 5.41) is 4.17. The molecule has 1 aliphatic rings. The lowest BCUT2D eigenvalue weighted by molar-refractivity contribution is 0.0780. The van der Waals surface area contributed by atoms with E-state index < -0.39 is 0 Å². The van der Waals surface area contributed by atoms with Crippen LogP contribution < -0.4 is 4.74 Å². The molecule has 2 rings (SSSR count). The van der Waals surface area contributed by atoms with Crippen LogP contribution in [0.1, 0.15) is 23.3 Å². The number of carbonyl (C=O) groups is 1. The Balaban J connectivity index is 2.03. The number of aryl methyl sites for hydroxylation is 1. The van der Waals surface area contributed by atoms with Gasteiger partial charge in [0.2, 0.25) is 5.88 Å². The molecule has 5 nitrogen and oxygen atoms in total. The number of amides is 1. The molecule has 18 heavy (non-hydrogen) atoms. The van der Waals surface area contributed by atoms with Crippen molar-refractivity contribution in [2.75, 3.05) is 26.1 Å². The van der Waals surface area contributed by atoms with E-state index in [0.717, 1.165) is 25.9 Å². The summed E-state index contributed by atoms with van der Waals surface area (Å²) in [6.07, 6.45) is 2.00. The van der Waals surface area contributed by atoms with Gasteiger partial charge < -0.3 is 9.64 Å². The smallest absolute Gasteiger partial charge is 0.274 e. The van der Waals surface area contributed by atoms with E-state index in [1.165, 1.54) is 0 Å². The fourth-order valence-corrected chi connectivity index (χ4v) is 2.62. The van der Waals surface area contributed by atoms with Gasteiger partial charge in [-0.3, -0.25) is 4.79 Å². The fourth-order valence-electron chi connectivity index (χ4n) is 2.31. The minimum absolute atomic E-state index is 0.0222. The van der Waals surface area contributed by atoms with E-state index >= 15 is 0 Å². The van der Waals surface area contributed by atoms with Crippen molar-refractivity contribution < 1.29 is 9.53 Å². The highest BCUT2D eigenvalue weighted by atomic mass is 35.5. The van der Waals surface area contributed by atoms with E-state index in [-0.39, 0.29) is 5.91 Å². The molecule has 2 heterocycles. The molecule has 1 unspecified atom stereocenters. The van der Waals surface area contributed by atoms with Crippen molar-refractivity contribution in [2.45, 2.75) is 12.8 Å². The van der Waals surface area contributed by atoms with Gasteiger partial charge in [-0.25, -0.2) is 4.68 Å². The van der Waals surface area contributed by atoms with Gasteiger partial charge in [-0.1, -0.05) is 0 Å². The molecule has 0 aliphatic carbocycles. The number of hydrogen-bond acceptors (Lipinski definition) is 3. The van der Waals surface area contributed by atoms with Crippen LogP contribution in [-0.2, 0) is 7.05 Å². The molecular formula is C12H18ClN3O2. The quantitative estimate of drug-likeness (QED) is 0.780. The van der Waals surface area contributed by atoms with Crippen LogP contribution in [-0.4, -0.2) is 46.7 Å². The number of alkyl halides is 1. The number of rotatable bonds is 4. The molecule has 1 aromatic rings. The van der Waals surface area contributed by atoms with Gasteiger partial charge in [0.05, 0.1) is 7.11 Å². The second kappa shape index (κ2) is 5.61. The molecule has 1 fully saturated rings. The van der Waals surface area contributed by atoms with Crippen molar-refractivity contribution in [1.82, 2.24) is 14.7 Å². The first-order chi connectivity index (χ1) is 8.65.